The highest BCUT2D eigenvalue weighted by Gasteiger charge is 2.30. The highest BCUT2D eigenvalue weighted by Crippen LogP contribution is 2.36. The Morgan fingerprint density at radius 1 is 1.14 bits per heavy atom. The van der Waals surface area contributed by atoms with E-state index in [4.69, 9.17) is 0 Å². The zero-order chi connectivity index (χ0) is 10.0. The van der Waals surface area contributed by atoms with Crippen LogP contribution < -0.4 is 5.19 Å². The smallest absolute Gasteiger partial charge is 0.0896 e. The molecular weight excluding hydrogens is 188 g/mol. The second-order valence-electron chi connectivity index (χ2n) is 4.46. The van der Waals surface area contributed by atoms with E-state index in [9.17, 15) is 5.11 Å². The van der Waals surface area contributed by atoms with Crippen molar-refractivity contribution < 1.29 is 5.11 Å². The van der Waals surface area contributed by atoms with E-state index in [2.05, 4.69) is 24.3 Å². The van der Waals surface area contributed by atoms with Gasteiger partial charge < -0.3 is 5.11 Å². The minimum Gasteiger partial charge on any atom is -0.385 e. The van der Waals surface area contributed by atoms with Gasteiger partial charge in [-0.15, -0.1) is 0 Å². The molecule has 0 spiro atoms. The van der Waals surface area contributed by atoms with E-state index in [0.29, 0.717) is 0 Å². The number of rotatable bonds is 1. The van der Waals surface area contributed by atoms with Crippen molar-refractivity contribution >= 4 is 15.4 Å². The number of hydrogen-bond donors (Lipinski definition) is 1. The van der Waals surface area contributed by atoms with Crippen molar-refractivity contribution in [2.45, 2.75) is 37.7 Å². The normalized spacial score (nSPS) is 20.9. The van der Waals surface area contributed by atoms with E-state index in [1.807, 2.05) is 0 Å². The summed E-state index contributed by atoms with van der Waals surface area (Å²) in [5.41, 5.74) is 0.628. The van der Waals surface area contributed by atoms with E-state index in [1.54, 1.807) is 0 Å². The van der Waals surface area contributed by atoms with Gasteiger partial charge in [0.1, 0.15) is 0 Å². The van der Waals surface area contributed by atoms with Gasteiger partial charge in [0.05, 0.1) is 5.60 Å². The van der Waals surface area contributed by atoms with Crippen LogP contribution >= 0.6 is 0 Å². The first-order valence-electron chi connectivity index (χ1n) is 5.50. The first-order chi connectivity index (χ1) is 6.71. The number of benzene rings is 1. The first-order valence-corrected chi connectivity index (χ1v) is 6.50. The minimum atomic E-state index is -0.515. The van der Waals surface area contributed by atoms with E-state index in [-0.39, 0.29) is 0 Å². The molecule has 2 heteroatoms. The molecule has 0 heterocycles. The van der Waals surface area contributed by atoms with E-state index in [0.717, 1.165) is 28.6 Å². The molecule has 1 saturated carbocycles. The third kappa shape index (κ3) is 1.91. The van der Waals surface area contributed by atoms with Crippen LogP contribution in [0.5, 0.6) is 0 Å². The van der Waals surface area contributed by atoms with Gasteiger partial charge >= 0.3 is 0 Å². The number of hydrogen-bond acceptors (Lipinski definition) is 1. The first kappa shape index (κ1) is 9.93. The SMILES string of the molecule is OC1(c2cccc([SiH3])c2)CCCCC1. The molecule has 0 aliphatic heterocycles. The van der Waals surface area contributed by atoms with Crippen LogP contribution in [-0.2, 0) is 5.60 Å². The quantitative estimate of drug-likeness (QED) is 0.675. The molecule has 0 bridgehead atoms. The van der Waals surface area contributed by atoms with Crippen LogP contribution in [0.25, 0.3) is 0 Å². The summed E-state index contributed by atoms with van der Waals surface area (Å²) in [4.78, 5) is 0. The van der Waals surface area contributed by atoms with Gasteiger partial charge in [0.2, 0.25) is 0 Å². The molecule has 1 nitrogen and oxygen atoms in total. The third-order valence-electron chi connectivity index (χ3n) is 3.24. The van der Waals surface area contributed by atoms with Gasteiger partial charge in [-0.05, 0) is 18.4 Å². The zero-order valence-corrected chi connectivity index (χ0v) is 10.8. The summed E-state index contributed by atoms with van der Waals surface area (Å²) in [5, 5.41) is 11.9. The molecule has 1 fully saturated rings. The predicted molar refractivity (Wildman–Crippen MR) is 63.0 cm³/mol. The maximum absolute atomic E-state index is 10.5. The van der Waals surface area contributed by atoms with E-state index in [1.165, 1.54) is 24.4 Å². The van der Waals surface area contributed by atoms with Gasteiger partial charge in [0, 0.05) is 10.2 Å². The summed E-state index contributed by atoms with van der Waals surface area (Å²) < 4.78 is 0. The molecule has 0 aromatic heterocycles. The molecule has 0 saturated heterocycles. The third-order valence-corrected chi connectivity index (χ3v) is 3.86. The molecule has 76 valence electrons. The molecular formula is C12H18OSi. The lowest BCUT2D eigenvalue weighted by Gasteiger charge is -2.32. The highest BCUT2D eigenvalue weighted by atomic mass is 28.1. The molecule has 1 N–H and O–H groups in total. The Morgan fingerprint density at radius 2 is 1.86 bits per heavy atom. The summed E-state index contributed by atoms with van der Waals surface area (Å²) in [6.45, 7) is 0. The summed E-state index contributed by atoms with van der Waals surface area (Å²) in [6, 6.07) is 8.47. The van der Waals surface area contributed by atoms with Crippen molar-refractivity contribution in [3.8, 4) is 0 Å². The summed E-state index contributed by atoms with van der Waals surface area (Å²) in [7, 11) is 1.07. The Balaban J connectivity index is 2.28. The molecule has 2 rings (SSSR count). The fourth-order valence-corrected chi connectivity index (χ4v) is 2.86. The standard InChI is InChI=1S/C12H18OSi/c13-12(7-2-1-3-8-12)10-5-4-6-11(14)9-10/h4-6,9,13H,1-3,7-8H2,14H3. The van der Waals surface area contributed by atoms with Gasteiger partial charge in [0.15, 0.2) is 0 Å². The minimum absolute atomic E-state index is 0.515. The lowest BCUT2D eigenvalue weighted by atomic mass is 9.80. The van der Waals surface area contributed by atoms with E-state index < -0.39 is 5.60 Å². The fourth-order valence-electron chi connectivity index (χ4n) is 2.36. The maximum atomic E-state index is 10.5. The summed E-state index contributed by atoms with van der Waals surface area (Å²) >= 11 is 0. The van der Waals surface area contributed by atoms with Gasteiger partial charge in [0.25, 0.3) is 0 Å². The Labute approximate surface area is 88.6 Å². The van der Waals surface area contributed by atoms with Gasteiger partial charge in [-0.25, -0.2) is 0 Å². The molecule has 1 aliphatic carbocycles. The lowest BCUT2D eigenvalue weighted by molar-refractivity contribution is -0.000555. The predicted octanol–water partition coefficient (Wildman–Crippen LogP) is 0.829. The lowest BCUT2D eigenvalue weighted by Crippen LogP contribution is -2.29. The van der Waals surface area contributed by atoms with Gasteiger partial charge in [-0.3, -0.25) is 0 Å². The van der Waals surface area contributed by atoms with Crippen molar-refractivity contribution in [2.24, 2.45) is 0 Å². The average molecular weight is 206 g/mol. The van der Waals surface area contributed by atoms with Crippen molar-refractivity contribution in [1.29, 1.82) is 0 Å². The zero-order valence-electron chi connectivity index (χ0n) is 8.79. The largest absolute Gasteiger partial charge is 0.385 e. The molecule has 1 aromatic rings. The summed E-state index contributed by atoms with van der Waals surface area (Å²) in [5.74, 6) is 0. The molecule has 0 radical (unpaired) electrons. The summed E-state index contributed by atoms with van der Waals surface area (Å²) in [6.07, 6.45) is 5.50. The van der Waals surface area contributed by atoms with Crippen LogP contribution in [0.1, 0.15) is 37.7 Å². The van der Waals surface area contributed by atoms with Crippen molar-refractivity contribution in [1.82, 2.24) is 0 Å². The van der Waals surface area contributed by atoms with Gasteiger partial charge in [-0.1, -0.05) is 48.7 Å². The van der Waals surface area contributed by atoms with Crippen molar-refractivity contribution in [2.75, 3.05) is 0 Å². The maximum Gasteiger partial charge on any atom is 0.0896 e. The fraction of sp³-hybridized carbons (Fsp3) is 0.500. The van der Waals surface area contributed by atoms with Crippen LogP contribution in [-0.4, -0.2) is 15.3 Å². The Hall–Kier alpha value is -0.603. The van der Waals surface area contributed by atoms with Crippen molar-refractivity contribution in [3.63, 3.8) is 0 Å². The van der Waals surface area contributed by atoms with Crippen molar-refractivity contribution in [3.05, 3.63) is 29.8 Å². The highest BCUT2D eigenvalue weighted by molar-refractivity contribution is 6.32. The van der Waals surface area contributed by atoms with E-state index >= 15 is 0 Å². The topological polar surface area (TPSA) is 20.2 Å². The molecule has 0 unspecified atom stereocenters. The molecule has 0 amide bonds. The van der Waals surface area contributed by atoms with Gasteiger partial charge in [-0.2, -0.15) is 0 Å². The Bertz CT molecular complexity index is 316. The molecule has 0 atom stereocenters. The molecule has 14 heavy (non-hydrogen) atoms. The molecule has 1 aromatic carbocycles. The Kier molecular flexibility index (Phi) is 2.75. The average Bonchev–Trinajstić information content (AvgIpc) is 2.19. The van der Waals surface area contributed by atoms with Crippen LogP contribution in [0.3, 0.4) is 0 Å². The number of aliphatic hydroxyl groups is 1. The van der Waals surface area contributed by atoms with Crippen LogP contribution in [0.2, 0.25) is 0 Å². The van der Waals surface area contributed by atoms with Crippen LogP contribution in [0, 0.1) is 0 Å². The monoisotopic (exact) mass is 206 g/mol. The molecule has 1 aliphatic rings. The van der Waals surface area contributed by atoms with Crippen LogP contribution in [0.4, 0.5) is 0 Å². The van der Waals surface area contributed by atoms with Crippen LogP contribution in [0.15, 0.2) is 24.3 Å². The Morgan fingerprint density at radius 3 is 2.50 bits per heavy atom. The second kappa shape index (κ2) is 3.87. The second-order valence-corrected chi connectivity index (χ2v) is 5.62.